The van der Waals surface area contributed by atoms with Crippen molar-refractivity contribution in [2.45, 2.75) is 51.5 Å². The number of carbonyl (C=O) groups excluding carboxylic acids is 4. The minimum absolute atomic E-state index is 0.187. The molecule has 3 aromatic rings. The number of piperidine rings is 1. The number of benzene rings is 3. The maximum absolute atomic E-state index is 13.0. The topological polar surface area (TPSA) is 143 Å². The number of hydrogen-bond donors (Lipinski definition) is 4. The smallest absolute Gasteiger partial charge is 0.319 e. The summed E-state index contributed by atoms with van der Waals surface area (Å²) < 4.78 is 5.81. The highest BCUT2D eigenvalue weighted by atomic mass is 16.5. The molecule has 3 aromatic carbocycles. The van der Waals surface area contributed by atoms with Gasteiger partial charge in [-0.2, -0.15) is 0 Å². The Kier molecular flexibility index (Phi) is 7.52. The Hall–Kier alpha value is -4.70. The van der Waals surface area contributed by atoms with Crippen molar-refractivity contribution in [3.63, 3.8) is 0 Å². The Balaban J connectivity index is 1.12. The van der Waals surface area contributed by atoms with Gasteiger partial charge < -0.3 is 26.0 Å². The third kappa shape index (κ3) is 5.67. The summed E-state index contributed by atoms with van der Waals surface area (Å²) in [7, 11) is 0. The van der Waals surface area contributed by atoms with Crippen LogP contribution in [0.3, 0.4) is 0 Å². The van der Waals surface area contributed by atoms with Gasteiger partial charge >= 0.3 is 6.03 Å². The SMILES string of the molecule is C[C@]1(N2Cc3cc(CNC(=O)Nc4ccc(OCc5ccc(CN)cc5)cc4)ccc3C2=O)CCC(=O)NC1=O. The Morgan fingerprint density at radius 2 is 1.70 bits per heavy atom. The minimum Gasteiger partial charge on any atom is -0.489 e. The number of carbonyl (C=O) groups is 4. The van der Waals surface area contributed by atoms with Gasteiger partial charge in [-0.05, 0) is 65.9 Å². The molecular formula is C30H31N5O5. The van der Waals surface area contributed by atoms with Gasteiger partial charge in [0.15, 0.2) is 0 Å². The van der Waals surface area contributed by atoms with Gasteiger partial charge in [0, 0.05) is 37.3 Å². The van der Waals surface area contributed by atoms with Crippen molar-refractivity contribution in [1.82, 2.24) is 15.5 Å². The molecule has 5 amide bonds. The molecule has 2 heterocycles. The van der Waals surface area contributed by atoms with Gasteiger partial charge in [0.2, 0.25) is 5.91 Å². The minimum atomic E-state index is -1.08. The lowest BCUT2D eigenvalue weighted by Gasteiger charge is -2.39. The van der Waals surface area contributed by atoms with Crippen LogP contribution in [-0.2, 0) is 35.8 Å². The van der Waals surface area contributed by atoms with E-state index in [4.69, 9.17) is 10.5 Å². The number of anilines is 1. The number of urea groups is 1. The molecule has 1 fully saturated rings. The number of nitrogens with zero attached hydrogens (tertiary/aromatic N) is 1. The fraction of sp³-hybridized carbons (Fsp3) is 0.267. The summed E-state index contributed by atoms with van der Waals surface area (Å²) in [6, 6.07) is 20.0. The lowest BCUT2D eigenvalue weighted by molar-refractivity contribution is -0.142. The molecule has 206 valence electrons. The van der Waals surface area contributed by atoms with Crippen LogP contribution in [0.15, 0.2) is 66.7 Å². The lowest BCUT2D eigenvalue weighted by atomic mass is 9.89. The molecule has 5 rings (SSSR count). The van der Waals surface area contributed by atoms with Crippen molar-refractivity contribution >= 4 is 29.4 Å². The highest BCUT2D eigenvalue weighted by molar-refractivity contribution is 6.07. The Labute approximate surface area is 231 Å². The van der Waals surface area contributed by atoms with Crippen LogP contribution in [0.1, 0.15) is 52.4 Å². The molecule has 0 radical (unpaired) electrons. The molecule has 40 heavy (non-hydrogen) atoms. The molecule has 5 N–H and O–H groups in total. The van der Waals surface area contributed by atoms with Crippen LogP contribution in [0, 0.1) is 0 Å². The van der Waals surface area contributed by atoms with E-state index in [9.17, 15) is 19.2 Å². The summed E-state index contributed by atoms with van der Waals surface area (Å²) in [6.45, 7) is 3.13. The zero-order valence-electron chi connectivity index (χ0n) is 22.2. The molecule has 0 unspecified atom stereocenters. The van der Waals surface area contributed by atoms with Gasteiger partial charge in [0.25, 0.3) is 11.8 Å². The van der Waals surface area contributed by atoms with Crippen LogP contribution in [0.25, 0.3) is 0 Å². The molecular weight excluding hydrogens is 510 g/mol. The Morgan fingerprint density at radius 1 is 1.00 bits per heavy atom. The first-order chi connectivity index (χ1) is 19.2. The van der Waals surface area contributed by atoms with Crippen LogP contribution in [0.4, 0.5) is 10.5 Å². The van der Waals surface area contributed by atoms with Crippen molar-refractivity contribution < 1.29 is 23.9 Å². The number of imide groups is 1. The quantitative estimate of drug-likeness (QED) is 0.323. The van der Waals surface area contributed by atoms with E-state index < -0.39 is 11.4 Å². The number of ether oxygens (including phenoxy) is 1. The molecule has 0 spiro atoms. The number of nitrogens with one attached hydrogen (secondary N) is 3. The number of nitrogens with two attached hydrogens (primary N) is 1. The summed E-state index contributed by atoms with van der Waals surface area (Å²) in [6.07, 6.45) is 0.467. The molecule has 10 nitrogen and oxygen atoms in total. The summed E-state index contributed by atoms with van der Waals surface area (Å²) in [5.74, 6) is -0.341. The molecule has 1 atom stereocenters. The molecule has 0 aliphatic carbocycles. The first-order valence-corrected chi connectivity index (χ1v) is 13.1. The van der Waals surface area contributed by atoms with Crippen molar-refractivity contribution in [2.24, 2.45) is 5.73 Å². The van der Waals surface area contributed by atoms with Gasteiger partial charge in [-0.25, -0.2) is 4.79 Å². The van der Waals surface area contributed by atoms with Crippen molar-refractivity contribution in [3.05, 3.63) is 94.5 Å². The largest absolute Gasteiger partial charge is 0.489 e. The maximum atomic E-state index is 13.0. The van der Waals surface area contributed by atoms with Crippen LogP contribution >= 0.6 is 0 Å². The van der Waals surface area contributed by atoms with E-state index in [1.165, 1.54) is 4.90 Å². The normalized spacial score (nSPS) is 18.2. The monoisotopic (exact) mass is 541 g/mol. The second kappa shape index (κ2) is 11.2. The second-order valence-corrected chi connectivity index (χ2v) is 10.2. The second-order valence-electron chi connectivity index (χ2n) is 10.2. The molecule has 2 aliphatic heterocycles. The average Bonchev–Trinajstić information content (AvgIpc) is 3.30. The molecule has 2 aliphatic rings. The summed E-state index contributed by atoms with van der Waals surface area (Å²) >= 11 is 0. The third-order valence-corrected chi connectivity index (χ3v) is 7.38. The van der Waals surface area contributed by atoms with Crippen molar-refractivity contribution in [1.29, 1.82) is 0 Å². The first-order valence-electron chi connectivity index (χ1n) is 13.1. The van der Waals surface area contributed by atoms with Crippen LogP contribution in [0.5, 0.6) is 5.75 Å². The summed E-state index contributed by atoms with van der Waals surface area (Å²) in [5, 5.41) is 7.96. The zero-order valence-corrected chi connectivity index (χ0v) is 22.2. The number of rotatable bonds is 8. The van der Waals surface area contributed by atoms with Gasteiger partial charge in [-0.1, -0.05) is 36.4 Å². The van der Waals surface area contributed by atoms with Crippen LogP contribution in [0.2, 0.25) is 0 Å². The van der Waals surface area contributed by atoms with E-state index in [2.05, 4.69) is 16.0 Å². The number of hydrogen-bond acceptors (Lipinski definition) is 6. The number of fused-ring (bicyclic) bond motifs is 1. The maximum Gasteiger partial charge on any atom is 0.319 e. The van der Waals surface area contributed by atoms with E-state index in [0.29, 0.717) is 30.2 Å². The zero-order chi connectivity index (χ0) is 28.3. The fourth-order valence-corrected chi connectivity index (χ4v) is 4.86. The number of amides is 5. The molecule has 0 aromatic heterocycles. The highest BCUT2D eigenvalue weighted by Gasteiger charge is 2.48. The van der Waals surface area contributed by atoms with E-state index in [-0.39, 0.29) is 43.8 Å². The van der Waals surface area contributed by atoms with Gasteiger partial charge in [0.1, 0.15) is 17.9 Å². The van der Waals surface area contributed by atoms with E-state index in [1.54, 1.807) is 43.3 Å². The molecule has 0 saturated carbocycles. The predicted octanol–water partition coefficient (Wildman–Crippen LogP) is 3.20. The summed E-state index contributed by atoms with van der Waals surface area (Å²) in [4.78, 5) is 51.2. The van der Waals surface area contributed by atoms with Gasteiger partial charge in [-0.15, -0.1) is 0 Å². The molecule has 1 saturated heterocycles. The summed E-state index contributed by atoms with van der Waals surface area (Å²) in [5.41, 5.74) is 9.38. The van der Waals surface area contributed by atoms with Gasteiger partial charge in [0.05, 0.1) is 0 Å². The Bertz CT molecular complexity index is 1450. The van der Waals surface area contributed by atoms with Crippen molar-refractivity contribution in [3.8, 4) is 5.75 Å². The lowest BCUT2D eigenvalue weighted by Crippen LogP contribution is -2.61. The van der Waals surface area contributed by atoms with E-state index in [0.717, 1.165) is 22.3 Å². The molecule has 10 heteroatoms. The predicted molar refractivity (Wildman–Crippen MR) is 148 cm³/mol. The Morgan fingerprint density at radius 3 is 2.40 bits per heavy atom. The van der Waals surface area contributed by atoms with Gasteiger partial charge in [-0.3, -0.25) is 19.7 Å². The fourth-order valence-electron chi connectivity index (χ4n) is 4.86. The van der Waals surface area contributed by atoms with Crippen LogP contribution < -0.4 is 26.4 Å². The molecule has 0 bridgehead atoms. The average molecular weight is 542 g/mol. The van der Waals surface area contributed by atoms with E-state index >= 15 is 0 Å². The van der Waals surface area contributed by atoms with Crippen LogP contribution in [-0.4, -0.2) is 34.2 Å². The standard InChI is InChI=1S/C30H31N5O5/c1-30(13-12-26(36)34-28(30)38)35-17-22-14-21(6-11-25(22)27(35)37)16-32-29(39)33-23-7-9-24(10-8-23)40-18-20-4-2-19(15-31)3-5-20/h2-11,14H,12-13,15-18,31H2,1H3,(H2,32,33,39)(H,34,36,38)/t30-/m0/s1. The highest BCUT2D eigenvalue weighted by Crippen LogP contribution is 2.34. The van der Waals surface area contributed by atoms with E-state index in [1.807, 2.05) is 30.3 Å². The first kappa shape index (κ1) is 26.9. The third-order valence-electron chi connectivity index (χ3n) is 7.38. The van der Waals surface area contributed by atoms with Crippen molar-refractivity contribution in [2.75, 3.05) is 5.32 Å².